The Kier molecular flexibility index (Phi) is 4.90. The lowest BCUT2D eigenvalue weighted by atomic mass is 9.93. The lowest BCUT2D eigenvalue weighted by molar-refractivity contribution is 0.633. The molecule has 0 aliphatic carbocycles. The van der Waals surface area contributed by atoms with Crippen molar-refractivity contribution in [3.8, 4) is 0 Å². The molecule has 2 rings (SSSR count). The second-order valence-corrected chi connectivity index (χ2v) is 6.69. The van der Waals surface area contributed by atoms with Crippen molar-refractivity contribution in [3.63, 3.8) is 0 Å². The molecule has 1 heterocycles. The zero-order chi connectivity index (χ0) is 14.9. The van der Waals surface area contributed by atoms with Gasteiger partial charge in [-0.05, 0) is 61.9 Å². The van der Waals surface area contributed by atoms with E-state index in [0.29, 0.717) is 0 Å². The van der Waals surface area contributed by atoms with Gasteiger partial charge in [0.15, 0.2) is 0 Å². The summed E-state index contributed by atoms with van der Waals surface area (Å²) in [5.74, 6) is 0. The maximum atomic E-state index is 6.50. The minimum atomic E-state index is 0.187. The molecule has 0 fully saturated rings. The minimum absolute atomic E-state index is 0.187. The van der Waals surface area contributed by atoms with Crippen molar-refractivity contribution in [1.82, 2.24) is 5.32 Å². The quantitative estimate of drug-likeness (QED) is 0.804. The van der Waals surface area contributed by atoms with Gasteiger partial charge in [-0.3, -0.25) is 0 Å². The Morgan fingerprint density at radius 2 is 1.70 bits per heavy atom. The summed E-state index contributed by atoms with van der Waals surface area (Å²) >= 11 is 8.24. The van der Waals surface area contributed by atoms with Gasteiger partial charge in [-0.25, -0.2) is 0 Å². The first-order valence-corrected chi connectivity index (χ1v) is 8.26. The van der Waals surface area contributed by atoms with Crippen LogP contribution >= 0.6 is 22.9 Å². The molecular weight excluding hydrogens is 286 g/mol. The van der Waals surface area contributed by atoms with Gasteiger partial charge in [0, 0.05) is 4.88 Å². The van der Waals surface area contributed by atoms with Gasteiger partial charge < -0.3 is 5.32 Å². The molecule has 0 saturated carbocycles. The van der Waals surface area contributed by atoms with E-state index in [9.17, 15) is 0 Å². The molecule has 0 spiro atoms. The monoisotopic (exact) mass is 307 g/mol. The fraction of sp³-hybridized carbons (Fsp3) is 0.412. The first kappa shape index (κ1) is 15.6. The number of halogens is 1. The molecule has 0 radical (unpaired) electrons. The third-order valence-electron chi connectivity index (χ3n) is 3.62. The summed E-state index contributed by atoms with van der Waals surface area (Å²) in [5.41, 5.74) is 6.50. The van der Waals surface area contributed by atoms with Gasteiger partial charge in [-0.15, -0.1) is 11.3 Å². The van der Waals surface area contributed by atoms with Crippen LogP contribution in [0.25, 0.3) is 0 Å². The molecule has 1 aromatic heterocycles. The van der Waals surface area contributed by atoms with E-state index >= 15 is 0 Å². The molecule has 1 atom stereocenters. The molecule has 3 heteroatoms. The Labute approximate surface area is 131 Å². The van der Waals surface area contributed by atoms with E-state index in [4.69, 9.17) is 11.6 Å². The van der Waals surface area contributed by atoms with Crippen LogP contribution in [0.2, 0.25) is 5.02 Å². The van der Waals surface area contributed by atoms with E-state index in [2.05, 4.69) is 57.4 Å². The highest BCUT2D eigenvalue weighted by Gasteiger charge is 2.22. The van der Waals surface area contributed by atoms with Gasteiger partial charge in [0.2, 0.25) is 0 Å². The number of hydrogen-bond acceptors (Lipinski definition) is 2. The summed E-state index contributed by atoms with van der Waals surface area (Å²) in [6.45, 7) is 11.7. The molecule has 1 unspecified atom stereocenters. The summed E-state index contributed by atoms with van der Waals surface area (Å²) < 4.78 is 0. The van der Waals surface area contributed by atoms with Gasteiger partial charge >= 0.3 is 0 Å². The van der Waals surface area contributed by atoms with Crippen molar-refractivity contribution < 1.29 is 0 Å². The van der Waals surface area contributed by atoms with Gasteiger partial charge in [0.1, 0.15) is 0 Å². The third-order valence-corrected chi connectivity index (χ3v) is 5.40. The SMILES string of the molecule is CCNC(c1scc(C)c1Cl)c1c(C)cc(C)cc1C. The number of rotatable bonds is 4. The van der Waals surface area contributed by atoms with Crippen molar-refractivity contribution in [2.24, 2.45) is 0 Å². The van der Waals surface area contributed by atoms with Gasteiger partial charge in [-0.1, -0.05) is 36.2 Å². The van der Waals surface area contributed by atoms with Gasteiger partial charge in [0.05, 0.1) is 11.1 Å². The molecule has 0 saturated heterocycles. The number of thiophene rings is 1. The summed E-state index contributed by atoms with van der Waals surface area (Å²) in [6.07, 6.45) is 0. The third kappa shape index (κ3) is 2.93. The van der Waals surface area contributed by atoms with Crippen LogP contribution < -0.4 is 5.32 Å². The normalized spacial score (nSPS) is 12.7. The average molecular weight is 308 g/mol. The lowest BCUT2D eigenvalue weighted by Gasteiger charge is -2.22. The molecule has 0 amide bonds. The maximum Gasteiger partial charge on any atom is 0.0691 e. The van der Waals surface area contributed by atoms with E-state index < -0.39 is 0 Å². The lowest BCUT2D eigenvalue weighted by Crippen LogP contribution is -2.23. The van der Waals surface area contributed by atoms with Crippen LogP contribution in [-0.4, -0.2) is 6.54 Å². The fourth-order valence-electron chi connectivity index (χ4n) is 2.82. The van der Waals surface area contributed by atoms with Crippen LogP contribution in [0, 0.1) is 27.7 Å². The van der Waals surface area contributed by atoms with Crippen LogP contribution in [-0.2, 0) is 0 Å². The van der Waals surface area contributed by atoms with E-state index in [-0.39, 0.29) is 6.04 Å². The van der Waals surface area contributed by atoms with Crippen molar-refractivity contribution in [3.05, 3.63) is 55.2 Å². The fourth-order valence-corrected chi connectivity index (χ4v) is 4.21. The maximum absolute atomic E-state index is 6.50. The molecule has 1 aromatic carbocycles. The summed E-state index contributed by atoms with van der Waals surface area (Å²) in [4.78, 5) is 1.22. The van der Waals surface area contributed by atoms with Crippen molar-refractivity contribution in [2.75, 3.05) is 6.54 Å². The Morgan fingerprint density at radius 3 is 2.15 bits per heavy atom. The highest BCUT2D eigenvalue weighted by atomic mass is 35.5. The van der Waals surface area contributed by atoms with Crippen molar-refractivity contribution in [1.29, 1.82) is 0 Å². The minimum Gasteiger partial charge on any atom is -0.306 e. The number of benzene rings is 1. The van der Waals surface area contributed by atoms with Gasteiger partial charge in [-0.2, -0.15) is 0 Å². The van der Waals surface area contributed by atoms with Crippen LogP contribution in [0.4, 0.5) is 0 Å². The van der Waals surface area contributed by atoms with Crippen LogP contribution in [0.5, 0.6) is 0 Å². The molecule has 0 aliphatic heterocycles. The molecule has 0 aliphatic rings. The molecule has 2 aromatic rings. The summed E-state index contributed by atoms with van der Waals surface area (Å²) in [6, 6.07) is 4.69. The molecule has 108 valence electrons. The first-order valence-electron chi connectivity index (χ1n) is 7.00. The second kappa shape index (κ2) is 6.30. The molecule has 20 heavy (non-hydrogen) atoms. The van der Waals surface area contributed by atoms with Crippen molar-refractivity contribution >= 4 is 22.9 Å². The standard InChI is InChI=1S/C17H22ClNS/c1-6-19-16(17-15(18)13(5)9-20-17)14-11(3)7-10(2)8-12(14)4/h7-9,16,19H,6H2,1-5H3. The van der Waals surface area contributed by atoms with E-state index in [1.807, 2.05) is 0 Å². The first-order chi connectivity index (χ1) is 9.45. The Bertz CT molecular complexity index is 592. The molecular formula is C17H22ClNS. The van der Waals surface area contributed by atoms with Crippen LogP contribution in [0.15, 0.2) is 17.5 Å². The molecule has 0 bridgehead atoms. The predicted molar refractivity (Wildman–Crippen MR) is 90.2 cm³/mol. The highest BCUT2D eigenvalue weighted by molar-refractivity contribution is 7.10. The second-order valence-electron chi connectivity index (χ2n) is 5.40. The zero-order valence-electron chi connectivity index (χ0n) is 12.8. The number of aryl methyl sites for hydroxylation is 4. The number of hydrogen-bond donors (Lipinski definition) is 1. The summed E-state index contributed by atoms with van der Waals surface area (Å²) in [5, 5.41) is 6.64. The summed E-state index contributed by atoms with van der Waals surface area (Å²) in [7, 11) is 0. The van der Waals surface area contributed by atoms with Crippen molar-refractivity contribution in [2.45, 2.75) is 40.7 Å². The number of nitrogens with one attached hydrogen (secondary N) is 1. The van der Waals surface area contributed by atoms with E-state index in [0.717, 1.165) is 17.1 Å². The molecule has 1 nitrogen and oxygen atoms in total. The average Bonchev–Trinajstić information content (AvgIpc) is 2.68. The van der Waals surface area contributed by atoms with Crippen LogP contribution in [0.3, 0.4) is 0 Å². The smallest absolute Gasteiger partial charge is 0.0691 e. The Balaban J connectivity index is 2.57. The Hall–Kier alpha value is -0.830. The molecule has 1 N–H and O–H groups in total. The Morgan fingerprint density at radius 1 is 1.10 bits per heavy atom. The van der Waals surface area contributed by atoms with Crippen LogP contribution in [0.1, 0.15) is 45.7 Å². The topological polar surface area (TPSA) is 12.0 Å². The largest absolute Gasteiger partial charge is 0.306 e. The predicted octanol–water partition coefficient (Wildman–Crippen LogP) is 5.33. The highest BCUT2D eigenvalue weighted by Crippen LogP contribution is 2.38. The van der Waals surface area contributed by atoms with E-state index in [1.165, 1.54) is 27.1 Å². The zero-order valence-corrected chi connectivity index (χ0v) is 14.4. The van der Waals surface area contributed by atoms with E-state index in [1.54, 1.807) is 11.3 Å². The van der Waals surface area contributed by atoms with Gasteiger partial charge in [0.25, 0.3) is 0 Å².